The fourth-order valence-electron chi connectivity index (χ4n) is 1.77. The molecule has 0 unspecified atom stereocenters. The summed E-state index contributed by atoms with van der Waals surface area (Å²) in [7, 11) is 4.13. The fraction of sp³-hybridized carbons (Fsp3) is 0.462. The van der Waals surface area contributed by atoms with Gasteiger partial charge in [-0.15, -0.1) is 0 Å². The molecule has 18 heavy (non-hydrogen) atoms. The summed E-state index contributed by atoms with van der Waals surface area (Å²) in [6, 6.07) is 1.98. The van der Waals surface area contributed by atoms with E-state index in [0.29, 0.717) is 0 Å². The normalized spacial score (nSPS) is 11.3. The number of aromatic nitrogens is 2. The molecule has 0 saturated heterocycles. The van der Waals surface area contributed by atoms with E-state index in [2.05, 4.69) is 26.8 Å². The number of nitrogens with one attached hydrogen (secondary N) is 1. The number of furan rings is 1. The highest BCUT2D eigenvalue weighted by Crippen LogP contribution is 2.00. The van der Waals surface area contributed by atoms with Gasteiger partial charge in [0.05, 0.1) is 19.1 Å². The van der Waals surface area contributed by atoms with Crippen LogP contribution in [0.3, 0.4) is 0 Å². The van der Waals surface area contributed by atoms with Crippen molar-refractivity contribution in [2.75, 3.05) is 20.1 Å². The number of nitrogens with zero attached hydrogens (tertiary/aromatic N) is 3. The summed E-state index contributed by atoms with van der Waals surface area (Å²) in [5.41, 5.74) is 1.18. The van der Waals surface area contributed by atoms with Gasteiger partial charge in [-0.1, -0.05) is 0 Å². The third-order valence-electron chi connectivity index (χ3n) is 2.91. The lowest BCUT2D eigenvalue weighted by Crippen LogP contribution is -2.29. The van der Waals surface area contributed by atoms with Crippen molar-refractivity contribution in [3.05, 3.63) is 42.4 Å². The Morgan fingerprint density at radius 2 is 2.39 bits per heavy atom. The third kappa shape index (κ3) is 3.72. The van der Waals surface area contributed by atoms with Gasteiger partial charge < -0.3 is 14.3 Å². The number of imidazole rings is 1. The highest BCUT2D eigenvalue weighted by molar-refractivity contribution is 5.04. The molecule has 5 heteroatoms. The number of hydrogen-bond donors (Lipinski definition) is 1. The zero-order valence-corrected chi connectivity index (χ0v) is 11.0. The molecule has 0 atom stereocenters. The zero-order valence-electron chi connectivity index (χ0n) is 11.0. The van der Waals surface area contributed by atoms with Gasteiger partial charge in [-0.25, -0.2) is 4.98 Å². The van der Waals surface area contributed by atoms with E-state index in [1.807, 2.05) is 25.5 Å². The summed E-state index contributed by atoms with van der Waals surface area (Å²) in [5.74, 6) is 1.09. The van der Waals surface area contributed by atoms with E-state index in [0.717, 1.165) is 32.0 Å². The highest BCUT2D eigenvalue weighted by Gasteiger charge is 2.03. The van der Waals surface area contributed by atoms with Crippen LogP contribution in [0.1, 0.15) is 11.4 Å². The molecule has 0 aliphatic rings. The topological polar surface area (TPSA) is 46.2 Å². The molecular weight excluding hydrogens is 228 g/mol. The minimum absolute atomic E-state index is 0.854. The molecule has 0 bridgehead atoms. The number of hydrogen-bond acceptors (Lipinski definition) is 4. The lowest BCUT2D eigenvalue weighted by atomic mass is 10.3. The molecule has 0 fully saturated rings. The molecule has 0 spiro atoms. The summed E-state index contributed by atoms with van der Waals surface area (Å²) < 4.78 is 7.07. The van der Waals surface area contributed by atoms with Crippen molar-refractivity contribution in [3.8, 4) is 0 Å². The Kier molecular flexibility index (Phi) is 4.55. The summed E-state index contributed by atoms with van der Waals surface area (Å²) >= 11 is 0. The SMILES string of the molecule is CN(CCNCc1ccoc1)Cc1nccn1C. The molecule has 2 aromatic rings. The van der Waals surface area contributed by atoms with Crippen LogP contribution < -0.4 is 5.32 Å². The van der Waals surface area contributed by atoms with Crippen LogP contribution in [-0.2, 0) is 20.1 Å². The average molecular weight is 248 g/mol. The molecule has 98 valence electrons. The highest BCUT2D eigenvalue weighted by atomic mass is 16.3. The molecule has 0 amide bonds. The summed E-state index contributed by atoms with van der Waals surface area (Å²) in [4.78, 5) is 6.57. The van der Waals surface area contributed by atoms with Crippen LogP contribution in [0.4, 0.5) is 0 Å². The predicted octanol–water partition coefficient (Wildman–Crippen LogP) is 1.23. The van der Waals surface area contributed by atoms with Crippen LogP contribution in [0.5, 0.6) is 0 Å². The van der Waals surface area contributed by atoms with E-state index < -0.39 is 0 Å². The van der Waals surface area contributed by atoms with E-state index in [1.54, 1.807) is 12.5 Å². The van der Waals surface area contributed by atoms with Gasteiger partial charge in [0.15, 0.2) is 0 Å². The standard InChI is InChI=1S/C13H20N4O/c1-16(10-13-15-5-7-17(13)2)6-4-14-9-12-3-8-18-11-12/h3,5,7-8,11,14H,4,6,9-10H2,1-2H3. The largest absolute Gasteiger partial charge is 0.472 e. The quantitative estimate of drug-likeness (QED) is 0.749. The second kappa shape index (κ2) is 6.37. The number of likely N-dealkylation sites (N-methyl/N-ethyl adjacent to an activating group) is 1. The Morgan fingerprint density at radius 3 is 3.06 bits per heavy atom. The average Bonchev–Trinajstić information content (AvgIpc) is 2.98. The van der Waals surface area contributed by atoms with Gasteiger partial charge in [0.25, 0.3) is 0 Å². The van der Waals surface area contributed by atoms with Crippen molar-refractivity contribution >= 4 is 0 Å². The molecule has 0 aliphatic heterocycles. The van der Waals surface area contributed by atoms with Crippen molar-refractivity contribution in [2.45, 2.75) is 13.1 Å². The van der Waals surface area contributed by atoms with Gasteiger partial charge in [0, 0.05) is 44.6 Å². The van der Waals surface area contributed by atoms with Crippen LogP contribution in [0.25, 0.3) is 0 Å². The molecule has 0 aromatic carbocycles. The Balaban J connectivity index is 1.63. The van der Waals surface area contributed by atoms with Crippen LogP contribution in [0.2, 0.25) is 0 Å². The molecule has 0 saturated carbocycles. The van der Waals surface area contributed by atoms with Crippen LogP contribution in [0, 0.1) is 0 Å². The first-order valence-electron chi connectivity index (χ1n) is 6.12. The van der Waals surface area contributed by atoms with E-state index in [-0.39, 0.29) is 0 Å². The minimum atomic E-state index is 0.854. The van der Waals surface area contributed by atoms with Gasteiger partial charge >= 0.3 is 0 Å². The van der Waals surface area contributed by atoms with Crippen LogP contribution >= 0.6 is 0 Å². The Morgan fingerprint density at radius 1 is 1.50 bits per heavy atom. The molecular formula is C13H20N4O. The minimum Gasteiger partial charge on any atom is -0.472 e. The van der Waals surface area contributed by atoms with Crippen molar-refractivity contribution in [3.63, 3.8) is 0 Å². The molecule has 5 nitrogen and oxygen atoms in total. The molecule has 2 rings (SSSR count). The first-order chi connectivity index (χ1) is 8.75. The third-order valence-corrected chi connectivity index (χ3v) is 2.91. The second-order valence-corrected chi connectivity index (χ2v) is 4.50. The van der Waals surface area contributed by atoms with E-state index in [9.17, 15) is 0 Å². The van der Waals surface area contributed by atoms with E-state index in [4.69, 9.17) is 4.42 Å². The lowest BCUT2D eigenvalue weighted by molar-refractivity contribution is 0.312. The summed E-state index contributed by atoms with van der Waals surface area (Å²) in [6.07, 6.45) is 7.27. The lowest BCUT2D eigenvalue weighted by Gasteiger charge is -2.16. The van der Waals surface area contributed by atoms with Gasteiger partial charge in [-0.2, -0.15) is 0 Å². The van der Waals surface area contributed by atoms with E-state index in [1.165, 1.54) is 5.56 Å². The first kappa shape index (κ1) is 12.9. The maximum Gasteiger partial charge on any atom is 0.122 e. The molecule has 2 heterocycles. The summed E-state index contributed by atoms with van der Waals surface area (Å²) in [5, 5.41) is 3.38. The van der Waals surface area contributed by atoms with Crippen LogP contribution in [-0.4, -0.2) is 34.6 Å². The number of rotatable bonds is 7. The predicted molar refractivity (Wildman–Crippen MR) is 70.0 cm³/mol. The number of aryl methyl sites for hydroxylation is 1. The van der Waals surface area contributed by atoms with Crippen molar-refractivity contribution in [2.24, 2.45) is 7.05 Å². The monoisotopic (exact) mass is 248 g/mol. The Hall–Kier alpha value is -1.59. The van der Waals surface area contributed by atoms with E-state index >= 15 is 0 Å². The van der Waals surface area contributed by atoms with Crippen LogP contribution in [0.15, 0.2) is 35.4 Å². The second-order valence-electron chi connectivity index (χ2n) is 4.50. The van der Waals surface area contributed by atoms with Crippen molar-refractivity contribution in [1.29, 1.82) is 0 Å². The smallest absolute Gasteiger partial charge is 0.122 e. The van der Waals surface area contributed by atoms with Crippen molar-refractivity contribution in [1.82, 2.24) is 19.8 Å². The van der Waals surface area contributed by atoms with Gasteiger partial charge in [0.2, 0.25) is 0 Å². The Bertz CT molecular complexity index is 449. The van der Waals surface area contributed by atoms with Gasteiger partial charge in [0.1, 0.15) is 5.82 Å². The van der Waals surface area contributed by atoms with Gasteiger partial charge in [-0.05, 0) is 13.1 Å². The summed E-state index contributed by atoms with van der Waals surface area (Å²) in [6.45, 7) is 3.67. The maximum absolute atomic E-state index is 5.01. The fourth-order valence-corrected chi connectivity index (χ4v) is 1.77. The molecule has 0 aliphatic carbocycles. The maximum atomic E-state index is 5.01. The molecule has 0 radical (unpaired) electrons. The van der Waals surface area contributed by atoms with Gasteiger partial charge in [-0.3, -0.25) is 4.90 Å². The zero-order chi connectivity index (χ0) is 12.8. The molecule has 1 N–H and O–H groups in total. The first-order valence-corrected chi connectivity index (χ1v) is 6.12. The van der Waals surface area contributed by atoms with Crippen molar-refractivity contribution < 1.29 is 4.42 Å². The molecule has 2 aromatic heterocycles. The Labute approximate surface area is 107 Å².